The van der Waals surface area contributed by atoms with E-state index in [9.17, 15) is 9.59 Å². The first-order valence-electron chi connectivity index (χ1n) is 7.05. The molecule has 5 heteroatoms. The predicted molar refractivity (Wildman–Crippen MR) is 82.4 cm³/mol. The number of halogens is 1. The molecule has 1 aromatic rings. The number of carboxylic acid groups (broad SMARTS) is 1. The number of hydrogen-bond donors (Lipinski definition) is 2. The molecule has 2 N–H and O–H groups in total. The lowest BCUT2D eigenvalue weighted by molar-refractivity contribution is -0.131. The van der Waals surface area contributed by atoms with Gasteiger partial charge in [0, 0.05) is 23.2 Å². The second-order valence-corrected chi connectivity index (χ2v) is 5.66. The molecule has 0 bridgehead atoms. The van der Waals surface area contributed by atoms with Gasteiger partial charge in [0.25, 0.3) is 5.91 Å². The summed E-state index contributed by atoms with van der Waals surface area (Å²) in [4.78, 5) is 22.4. The first-order valence-corrected chi connectivity index (χ1v) is 7.43. The second-order valence-electron chi connectivity index (χ2n) is 5.25. The lowest BCUT2D eigenvalue weighted by atomic mass is 9.83. The highest BCUT2D eigenvalue weighted by atomic mass is 35.5. The Bertz CT molecular complexity index is 565. The summed E-state index contributed by atoms with van der Waals surface area (Å²) in [5.74, 6) is -0.425. The Morgan fingerprint density at radius 1 is 1.38 bits per heavy atom. The fraction of sp³-hybridized carbons (Fsp3) is 0.375. The van der Waals surface area contributed by atoms with Gasteiger partial charge in [-0.2, -0.15) is 0 Å². The van der Waals surface area contributed by atoms with Crippen LogP contribution in [-0.4, -0.2) is 23.5 Å². The zero-order valence-corrected chi connectivity index (χ0v) is 12.4. The molecule has 1 aliphatic rings. The van der Waals surface area contributed by atoms with Gasteiger partial charge in [-0.1, -0.05) is 36.9 Å². The van der Waals surface area contributed by atoms with Gasteiger partial charge in [-0.15, -0.1) is 0 Å². The van der Waals surface area contributed by atoms with Crippen molar-refractivity contribution in [3.63, 3.8) is 0 Å². The molecule has 0 unspecified atom stereocenters. The molecule has 112 valence electrons. The lowest BCUT2D eigenvalue weighted by Crippen LogP contribution is -2.27. The lowest BCUT2D eigenvalue weighted by Gasteiger charge is -2.25. The van der Waals surface area contributed by atoms with E-state index < -0.39 is 5.97 Å². The molecule has 21 heavy (non-hydrogen) atoms. The average Bonchev–Trinajstić information content (AvgIpc) is 2.39. The minimum Gasteiger partial charge on any atom is -0.478 e. The number of carbonyl (C=O) groups is 2. The number of carboxylic acids is 1. The van der Waals surface area contributed by atoms with Crippen molar-refractivity contribution in [3.8, 4) is 0 Å². The molecular weight excluding hydrogens is 290 g/mol. The first-order chi connectivity index (χ1) is 10.1. The first kappa shape index (κ1) is 15.6. The van der Waals surface area contributed by atoms with E-state index in [2.05, 4.69) is 5.32 Å². The Kier molecular flexibility index (Phi) is 5.39. The molecule has 1 fully saturated rings. The van der Waals surface area contributed by atoms with Crippen molar-refractivity contribution >= 4 is 29.6 Å². The number of carbonyl (C=O) groups excluding carboxylic acids is 1. The topological polar surface area (TPSA) is 66.4 Å². The van der Waals surface area contributed by atoms with E-state index in [0.29, 0.717) is 22.7 Å². The summed E-state index contributed by atoms with van der Waals surface area (Å²) < 4.78 is 0. The number of amides is 1. The van der Waals surface area contributed by atoms with Crippen LogP contribution in [0.4, 0.5) is 0 Å². The van der Waals surface area contributed by atoms with Gasteiger partial charge in [-0.3, -0.25) is 4.79 Å². The number of aliphatic carboxylic acids is 1. The summed E-state index contributed by atoms with van der Waals surface area (Å²) >= 11 is 6.05. The van der Waals surface area contributed by atoms with Crippen LogP contribution in [0.15, 0.2) is 24.3 Å². The van der Waals surface area contributed by atoms with Crippen molar-refractivity contribution in [2.24, 2.45) is 5.92 Å². The Balaban J connectivity index is 1.91. The van der Waals surface area contributed by atoms with Crippen LogP contribution in [0.1, 0.15) is 41.6 Å². The zero-order valence-electron chi connectivity index (χ0n) is 11.6. The maximum absolute atomic E-state index is 12.0. The third-order valence-electron chi connectivity index (χ3n) is 3.73. The van der Waals surface area contributed by atoms with E-state index >= 15 is 0 Å². The van der Waals surface area contributed by atoms with Crippen LogP contribution >= 0.6 is 11.6 Å². The van der Waals surface area contributed by atoms with Crippen molar-refractivity contribution in [1.29, 1.82) is 0 Å². The molecule has 0 spiro atoms. The van der Waals surface area contributed by atoms with Crippen LogP contribution in [0.3, 0.4) is 0 Å². The SMILES string of the molecule is O=C(O)/C=C/c1ccc(C(=O)NCCC2CCC2)cc1Cl. The largest absolute Gasteiger partial charge is 0.478 e. The number of rotatable bonds is 6. The van der Waals surface area contributed by atoms with E-state index in [1.54, 1.807) is 18.2 Å². The fourth-order valence-electron chi connectivity index (χ4n) is 2.24. The molecule has 1 amide bonds. The van der Waals surface area contributed by atoms with Gasteiger partial charge in [0.15, 0.2) is 0 Å². The Morgan fingerprint density at radius 3 is 2.71 bits per heavy atom. The number of hydrogen-bond acceptors (Lipinski definition) is 2. The monoisotopic (exact) mass is 307 g/mol. The average molecular weight is 308 g/mol. The van der Waals surface area contributed by atoms with E-state index in [-0.39, 0.29) is 5.91 Å². The maximum atomic E-state index is 12.0. The van der Waals surface area contributed by atoms with Crippen molar-refractivity contribution in [2.75, 3.05) is 6.54 Å². The summed E-state index contributed by atoms with van der Waals surface area (Å²) in [6.45, 7) is 0.682. The van der Waals surface area contributed by atoms with Gasteiger partial charge >= 0.3 is 5.97 Å². The predicted octanol–water partition coefficient (Wildman–Crippen LogP) is 3.36. The van der Waals surface area contributed by atoms with E-state index in [0.717, 1.165) is 18.4 Å². The number of nitrogens with one attached hydrogen (secondary N) is 1. The molecule has 0 atom stereocenters. The second kappa shape index (κ2) is 7.27. The smallest absolute Gasteiger partial charge is 0.328 e. The molecule has 1 aromatic carbocycles. The molecule has 0 aliphatic heterocycles. The molecular formula is C16H18ClNO3. The number of benzene rings is 1. The van der Waals surface area contributed by atoms with Crippen molar-refractivity contribution in [1.82, 2.24) is 5.32 Å². The Labute approximate surface area is 128 Å². The molecule has 2 rings (SSSR count). The quantitative estimate of drug-likeness (QED) is 0.792. The third-order valence-corrected chi connectivity index (χ3v) is 4.06. The highest BCUT2D eigenvalue weighted by molar-refractivity contribution is 6.32. The zero-order chi connectivity index (χ0) is 15.2. The standard InChI is InChI=1S/C16H18ClNO3/c17-14-10-13(5-4-12(14)6-7-15(19)20)16(21)18-9-8-11-2-1-3-11/h4-7,10-11H,1-3,8-9H2,(H,18,21)(H,19,20)/b7-6+. The normalized spacial score (nSPS) is 14.9. The maximum Gasteiger partial charge on any atom is 0.328 e. The summed E-state index contributed by atoms with van der Waals surface area (Å²) in [5.41, 5.74) is 1.06. The van der Waals surface area contributed by atoms with E-state index in [1.165, 1.54) is 25.3 Å². The molecule has 1 saturated carbocycles. The van der Waals surface area contributed by atoms with Crippen LogP contribution < -0.4 is 5.32 Å². The summed E-state index contributed by atoms with van der Waals surface area (Å²) in [5, 5.41) is 11.8. The van der Waals surface area contributed by atoms with Gasteiger partial charge in [0.05, 0.1) is 0 Å². The Morgan fingerprint density at radius 2 is 2.14 bits per heavy atom. The minimum atomic E-state index is -1.04. The summed E-state index contributed by atoms with van der Waals surface area (Å²) in [6.07, 6.45) is 7.29. The summed E-state index contributed by atoms with van der Waals surface area (Å²) in [7, 11) is 0. The van der Waals surface area contributed by atoms with E-state index in [4.69, 9.17) is 16.7 Å². The minimum absolute atomic E-state index is 0.148. The fourth-order valence-corrected chi connectivity index (χ4v) is 2.48. The van der Waals surface area contributed by atoms with Gasteiger partial charge in [-0.05, 0) is 36.1 Å². The van der Waals surface area contributed by atoms with Gasteiger partial charge < -0.3 is 10.4 Å². The molecule has 0 saturated heterocycles. The van der Waals surface area contributed by atoms with Crippen LogP contribution in [0.2, 0.25) is 5.02 Å². The van der Waals surface area contributed by atoms with Gasteiger partial charge in [-0.25, -0.2) is 4.79 Å². The highest BCUT2D eigenvalue weighted by Gasteiger charge is 2.17. The van der Waals surface area contributed by atoms with Crippen LogP contribution in [-0.2, 0) is 4.79 Å². The van der Waals surface area contributed by atoms with Crippen LogP contribution in [0.25, 0.3) is 6.08 Å². The molecule has 0 aromatic heterocycles. The Hall–Kier alpha value is -1.81. The molecule has 0 heterocycles. The van der Waals surface area contributed by atoms with E-state index in [1.807, 2.05) is 0 Å². The van der Waals surface area contributed by atoms with Gasteiger partial charge in [0.2, 0.25) is 0 Å². The highest BCUT2D eigenvalue weighted by Crippen LogP contribution is 2.28. The molecule has 4 nitrogen and oxygen atoms in total. The van der Waals surface area contributed by atoms with Crippen molar-refractivity contribution in [3.05, 3.63) is 40.4 Å². The third kappa shape index (κ3) is 4.60. The van der Waals surface area contributed by atoms with Gasteiger partial charge in [0.1, 0.15) is 0 Å². The molecule has 1 aliphatic carbocycles. The molecule has 0 radical (unpaired) electrons. The van der Waals surface area contributed by atoms with Crippen LogP contribution in [0.5, 0.6) is 0 Å². The van der Waals surface area contributed by atoms with Crippen LogP contribution in [0, 0.1) is 5.92 Å². The van der Waals surface area contributed by atoms with Crippen molar-refractivity contribution < 1.29 is 14.7 Å². The van der Waals surface area contributed by atoms with Crippen molar-refractivity contribution in [2.45, 2.75) is 25.7 Å². The summed E-state index contributed by atoms with van der Waals surface area (Å²) in [6, 6.07) is 4.84.